The van der Waals surface area contributed by atoms with Crippen molar-refractivity contribution >= 4 is 0 Å². The lowest BCUT2D eigenvalue weighted by Crippen LogP contribution is -2.24. The third-order valence-corrected chi connectivity index (χ3v) is 3.40. The zero-order chi connectivity index (χ0) is 14.5. The molecule has 0 aliphatic rings. The van der Waals surface area contributed by atoms with Crippen LogP contribution >= 0.6 is 0 Å². The summed E-state index contributed by atoms with van der Waals surface area (Å²) in [7, 11) is 0. The van der Waals surface area contributed by atoms with Gasteiger partial charge >= 0.3 is 0 Å². The summed E-state index contributed by atoms with van der Waals surface area (Å²) in [6.45, 7) is 4.74. The van der Waals surface area contributed by atoms with Gasteiger partial charge in [-0.2, -0.15) is 0 Å². The van der Waals surface area contributed by atoms with E-state index in [0.717, 1.165) is 23.2 Å². The normalized spacial score (nSPS) is 12.4. The molecular formula is C17H19F2N. The monoisotopic (exact) mass is 275 g/mol. The van der Waals surface area contributed by atoms with Crippen LogP contribution in [-0.2, 0) is 6.42 Å². The molecule has 0 radical (unpaired) electrons. The van der Waals surface area contributed by atoms with E-state index < -0.39 is 0 Å². The minimum atomic E-state index is -0.243. The number of hydrogen-bond donors (Lipinski definition) is 1. The molecule has 1 atom stereocenters. The van der Waals surface area contributed by atoms with Crippen LogP contribution < -0.4 is 5.32 Å². The summed E-state index contributed by atoms with van der Waals surface area (Å²) in [6, 6.07) is 11.3. The SMILES string of the molecule is CCNC(Cc1cccc(F)c1)c1cc(F)ccc1C. The molecule has 0 aromatic heterocycles. The lowest BCUT2D eigenvalue weighted by Gasteiger charge is -2.20. The van der Waals surface area contributed by atoms with Gasteiger partial charge in [-0.05, 0) is 60.8 Å². The molecule has 0 heterocycles. The van der Waals surface area contributed by atoms with Crippen molar-refractivity contribution in [1.82, 2.24) is 5.32 Å². The van der Waals surface area contributed by atoms with Gasteiger partial charge in [0, 0.05) is 6.04 Å². The minimum absolute atomic E-state index is 0.0162. The van der Waals surface area contributed by atoms with Crippen LogP contribution in [0.4, 0.5) is 8.78 Å². The first-order valence-electron chi connectivity index (χ1n) is 6.84. The largest absolute Gasteiger partial charge is 0.310 e. The maximum Gasteiger partial charge on any atom is 0.123 e. The molecular weight excluding hydrogens is 256 g/mol. The minimum Gasteiger partial charge on any atom is -0.310 e. The fraction of sp³-hybridized carbons (Fsp3) is 0.294. The Labute approximate surface area is 118 Å². The topological polar surface area (TPSA) is 12.0 Å². The van der Waals surface area contributed by atoms with Crippen molar-refractivity contribution in [3.8, 4) is 0 Å². The average molecular weight is 275 g/mol. The Hall–Kier alpha value is -1.74. The van der Waals surface area contributed by atoms with Crippen molar-refractivity contribution in [2.45, 2.75) is 26.3 Å². The zero-order valence-corrected chi connectivity index (χ0v) is 11.8. The average Bonchev–Trinajstić information content (AvgIpc) is 2.41. The summed E-state index contributed by atoms with van der Waals surface area (Å²) in [5.41, 5.74) is 2.87. The molecule has 2 aromatic carbocycles. The summed E-state index contributed by atoms with van der Waals surface area (Å²) in [5, 5.41) is 3.35. The van der Waals surface area contributed by atoms with Crippen molar-refractivity contribution in [1.29, 1.82) is 0 Å². The number of halogens is 2. The summed E-state index contributed by atoms with van der Waals surface area (Å²) in [5.74, 6) is -0.485. The molecule has 0 saturated heterocycles. The molecule has 0 bridgehead atoms. The van der Waals surface area contributed by atoms with E-state index in [0.29, 0.717) is 6.42 Å². The van der Waals surface area contributed by atoms with Crippen LogP contribution in [0.5, 0.6) is 0 Å². The van der Waals surface area contributed by atoms with Gasteiger partial charge in [0.25, 0.3) is 0 Å². The first kappa shape index (κ1) is 14.7. The maximum atomic E-state index is 13.5. The van der Waals surface area contributed by atoms with Gasteiger partial charge in [0.2, 0.25) is 0 Å². The lowest BCUT2D eigenvalue weighted by molar-refractivity contribution is 0.537. The number of hydrogen-bond acceptors (Lipinski definition) is 1. The van der Waals surface area contributed by atoms with Gasteiger partial charge < -0.3 is 5.32 Å². The quantitative estimate of drug-likeness (QED) is 0.863. The Kier molecular flexibility index (Phi) is 4.85. The van der Waals surface area contributed by atoms with Crippen molar-refractivity contribution in [3.05, 3.63) is 70.8 Å². The zero-order valence-electron chi connectivity index (χ0n) is 11.8. The Morgan fingerprint density at radius 1 is 1.05 bits per heavy atom. The fourth-order valence-corrected chi connectivity index (χ4v) is 2.42. The molecule has 106 valence electrons. The molecule has 1 N–H and O–H groups in total. The molecule has 0 amide bonds. The van der Waals surface area contributed by atoms with Gasteiger partial charge in [-0.3, -0.25) is 0 Å². The van der Waals surface area contributed by atoms with E-state index in [4.69, 9.17) is 0 Å². The van der Waals surface area contributed by atoms with Crippen LogP contribution in [0.3, 0.4) is 0 Å². The Balaban J connectivity index is 2.29. The third-order valence-electron chi connectivity index (χ3n) is 3.40. The standard InChI is InChI=1S/C17H19F2N/c1-3-20-17(10-13-5-4-6-14(18)9-13)16-11-15(19)8-7-12(16)2/h4-9,11,17,20H,3,10H2,1-2H3. The van der Waals surface area contributed by atoms with Gasteiger partial charge in [-0.25, -0.2) is 8.78 Å². The Morgan fingerprint density at radius 2 is 1.80 bits per heavy atom. The predicted molar refractivity (Wildman–Crippen MR) is 77.7 cm³/mol. The highest BCUT2D eigenvalue weighted by atomic mass is 19.1. The predicted octanol–water partition coefficient (Wildman–Crippen LogP) is 4.17. The lowest BCUT2D eigenvalue weighted by atomic mass is 9.95. The van der Waals surface area contributed by atoms with Gasteiger partial charge in [-0.15, -0.1) is 0 Å². The molecule has 1 unspecified atom stereocenters. The van der Waals surface area contributed by atoms with Crippen LogP contribution in [-0.4, -0.2) is 6.54 Å². The van der Waals surface area contributed by atoms with E-state index in [1.807, 2.05) is 19.9 Å². The van der Waals surface area contributed by atoms with Crippen LogP contribution in [0.2, 0.25) is 0 Å². The third kappa shape index (κ3) is 3.64. The van der Waals surface area contributed by atoms with Crippen molar-refractivity contribution in [2.24, 2.45) is 0 Å². The first-order chi connectivity index (χ1) is 9.60. The van der Waals surface area contributed by atoms with Crippen molar-refractivity contribution in [2.75, 3.05) is 6.54 Å². The van der Waals surface area contributed by atoms with Gasteiger partial charge in [0.1, 0.15) is 11.6 Å². The number of nitrogens with one attached hydrogen (secondary N) is 1. The molecule has 2 rings (SSSR count). The van der Waals surface area contributed by atoms with Crippen LogP contribution in [0, 0.1) is 18.6 Å². The molecule has 0 aliphatic heterocycles. The highest BCUT2D eigenvalue weighted by molar-refractivity contribution is 5.31. The second kappa shape index (κ2) is 6.62. The molecule has 0 spiro atoms. The second-order valence-electron chi connectivity index (χ2n) is 4.95. The maximum absolute atomic E-state index is 13.5. The van der Waals surface area contributed by atoms with Crippen LogP contribution in [0.1, 0.15) is 29.7 Å². The van der Waals surface area contributed by atoms with E-state index in [1.165, 1.54) is 18.2 Å². The number of likely N-dealkylation sites (N-methyl/N-ethyl adjacent to an activating group) is 1. The highest BCUT2D eigenvalue weighted by Crippen LogP contribution is 2.23. The van der Waals surface area contributed by atoms with Gasteiger partial charge in [0.05, 0.1) is 0 Å². The second-order valence-corrected chi connectivity index (χ2v) is 4.95. The number of benzene rings is 2. The molecule has 20 heavy (non-hydrogen) atoms. The van der Waals surface area contributed by atoms with E-state index in [9.17, 15) is 8.78 Å². The Morgan fingerprint density at radius 3 is 2.50 bits per heavy atom. The molecule has 3 heteroatoms. The smallest absolute Gasteiger partial charge is 0.123 e. The molecule has 0 saturated carbocycles. The Bertz CT molecular complexity index is 581. The summed E-state index contributed by atoms with van der Waals surface area (Å²) in [4.78, 5) is 0. The summed E-state index contributed by atoms with van der Waals surface area (Å²) < 4.78 is 26.7. The molecule has 2 aromatic rings. The summed E-state index contributed by atoms with van der Waals surface area (Å²) in [6.07, 6.45) is 0.635. The summed E-state index contributed by atoms with van der Waals surface area (Å²) >= 11 is 0. The van der Waals surface area contributed by atoms with Gasteiger partial charge in [-0.1, -0.05) is 25.1 Å². The van der Waals surface area contributed by atoms with Crippen molar-refractivity contribution in [3.63, 3.8) is 0 Å². The molecule has 0 aliphatic carbocycles. The van der Waals surface area contributed by atoms with E-state index in [1.54, 1.807) is 18.2 Å². The van der Waals surface area contributed by atoms with E-state index in [-0.39, 0.29) is 17.7 Å². The fourth-order valence-electron chi connectivity index (χ4n) is 2.42. The van der Waals surface area contributed by atoms with E-state index >= 15 is 0 Å². The molecule has 1 nitrogen and oxygen atoms in total. The van der Waals surface area contributed by atoms with Crippen molar-refractivity contribution < 1.29 is 8.78 Å². The van der Waals surface area contributed by atoms with Gasteiger partial charge in [0.15, 0.2) is 0 Å². The van der Waals surface area contributed by atoms with Crippen LogP contribution in [0.25, 0.3) is 0 Å². The van der Waals surface area contributed by atoms with E-state index in [2.05, 4.69) is 5.32 Å². The number of aryl methyl sites for hydroxylation is 1. The number of rotatable bonds is 5. The first-order valence-corrected chi connectivity index (χ1v) is 6.84. The highest BCUT2D eigenvalue weighted by Gasteiger charge is 2.14. The molecule has 0 fully saturated rings. The van der Waals surface area contributed by atoms with Crippen LogP contribution in [0.15, 0.2) is 42.5 Å².